The van der Waals surface area contributed by atoms with Crippen LogP contribution in [0.1, 0.15) is 45.4 Å². The van der Waals surface area contributed by atoms with Gasteiger partial charge in [-0.05, 0) is 25.3 Å². The molecule has 17 heavy (non-hydrogen) atoms. The van der Waals surface area contributed by atoms with Crippen molar-refractivity contribution in [1.29, 1.82) is 0 Å². The highest BCUT2D eigenvalue weighted by Crippen LogP contribution is 2.30. The number of rotatable bonds is 4. The maximum Gasteiger partial charge on any atom is 0.223 e. The Balaban J connectivity index is 0.00000144. The molecule has 1 heterocycles. The minimum Gasteiger partial charge on any atom is -0.352 e. The molecule has 0 radical (unpaired) electrons. The summed E-state index contributed by atoms with van der Waals surface area (Å²) in [5, 5.41) is 6.43. The minimum atomic E-state index is 0. The van der Waals surface area contributed by atoms with E-state index >= 15 is 0 Å². The fourth-order valence-electron chi connectivity index (χ4n) is 2.97. The quantitative estimate of drug-likeness (QED) is 0.813. The molecule has 2 fully saturated rings. The average Bonchev–Trinajstić information content (AvgIpc) is 2.90. The van der Waals surface area contributed by atoms with E-state index in [1.807, 2.05) is 0 Å². The summed E-state index contributed by atoms with van der Waals surface area (Å²) in [4.78, 5) is 11.9. The van der Waals surface area contributed by atoms with Gasteiger partial charge >= 0.3 is 0 Å². The lowest BCUT2D eigenvalue weighted by Gasteiger charge is -2.18. The standard InChI is InChI=1S/C13H24N2O.ClH/c1-10(8-11-4-2-3-5-11)13(16)15-12-6-7-14-9-12;/h10-12,14H,2-9H2,1H3,(H,15,16);1H. The zero-order chi connectivity index (χ0) is 11.4. The molecule has 0 aromatic carbocycles. The lowest BCUT2D eigenvalue weighted by Crippen LogP contribution is -2.39. The van der Waals surface area contributed by atoms with Crippen molar-refractivity contribution in [2.24, 2.45) is 11.8 Å². The van der Waals surface area contributed by atoms with E-state index in [0.717, 1.165) is 31.8 Å². The first-order valence-corrected chi connectivity index (χ1v) is 6.77. The van der Waals surface area contributed by atoms with Crippen LogP contribution in [0.4, 0.5) is 0 Å². The van der Waals surface area contributed by atoms with Crippen LogP contribution < -0.4 is 10.6 Å². The van der Waals surface area contributed by atoms with Gasteiger partial charge in [-0.1, -0.05) is 32.6 Å². The van der Waals surface area contributed by atoms with Gasteiger partial charge in [0.05, 0.1) is 0 Å². The number of hydrogen-bond acceptors (Lipinski definition) is 2. The molecule has 2 N–H and O–H groups in total. The molecule has 1 saturated heterocycles. The Morgan fingerprint density at radius 2 is 2.06 bits per heavy atom. The van der Waals surface area contributed by atoms with Crippen LogP contribution in [-0.2, 0) is 4.79 Å². The number of amides is 1. The number of nitrogens with one attached hydrogen (secondary N) is 2. The van der Waals surface area contributed by atoms with Crippen LogP contribution in [0.25, 0.3) is 0 Å². The van der Waals surface area contributed by atoms with Gasteiger partial charge in [0.15, 0.2) is 0 Å². The van der Waals surface area contributed by atoms with Crippen LogP contribution in [0.2, 0.25) is 0 Å². The molecule has 2 atom stereocenters. The van der Waals surface area contributed by atoms with E-state index in [9.17, 15) is 4.79 Å². The van der Waals surface area contributed by atoms with Gasteiger partial charge in [0.25, 0.3) is 0 Å². The van der Waals surface area contributed by atoms with Crippen LogP contribution in [-0.4, -0.2) is 25.0 Å². The zero-order valence-electron chi connectivity index (χ0n) is 10.7. The molecule has 1 aliphatic carbocycles. The predicted molar refractivity (Wildman–Crippen MR) is 72.4 cm³/mol. The second kappa shape index (κ2) is 7.22. The maximum atomic E-state index is 11.9. The van der Waals surface area contributed by atoms with Crippen LogP contribution in [0.15, 0.2) is 0 Å². The third kappa shape index (κ3) is 4.47. The topological polar surface area (TPSA) is 41.1 Å². The summed E-state index contributed by atoms with van der Waals surface area (Å²) < 4.78 is 0. The van der Waals surface area contributed by atoms with E-state index in [2.05, 4.69) is 17.6 Å². The van der Waals surface area contributed by atoms with Crippen molar-refractivity contribution in [3.63, 3.8) is 0 Å². The van der Waals surface area contributed by atoms with Crippen LogP contribution in [0.3, 0.4) is 0 Å². The first-order chi connectivity index (χ1) is 7.75. The molecule has 1 amide bonds. The van der Waals surface area contributed by atoms with Gasteiger partial charge in [-0.25, -0.2) is 0 Å². The van der Waals surface area contributed by atoms with Gasteiger partial charge in [-0.3, -0.25) is 4.79 Å². The SMILES string of the molecule is CC(CC1CCCC1)C(=O)NC1CCNC1.Cl. The minimum absolute atomic E-state index is 0. The highest BCUT2D eigenvalue weighted by atomic mass is 35.5. The number of halogens is 1. The molecule has 4 heteroatoms. The van der Waals surface area contributed by atoms with Crippen molar-refractivity contribution >= 4 is 18.3 Å². The van der Waals surface area contributed by atoms with Crippen LogP contribution in [0.5, 0.6) is 0 Å². The van der Waals surface area contributed by atoms with Gasteiger partial charge in [-0.15, -0.1) is 12.4 Å². The molecule has 100 valence electrons. The number of hydrogen-bond donors (Lipinski definition) is 2. The van der Waals surface area contributed by atoms with E-state index < -0.39 is 0 Å². The maximum absolute atomic E-state index is 11.9. The number of carbonyl (C=O) groups is 1. The van der Waals surface area contributed by atoms with Crippen molar-refractivity contribution in [3.8, 4) is 0 Å². The second-order valence-electron chi connectivity index (χ2n) is 5.49. The molecule has 0 aromatic heterocycles. The Hall–Kier alpha value is -0.280. The fraction of sp³-hybridized carbons (Fsp3) is 0.923. The molecule has 0 spiro atoms. The third-order valence-corrected chi connectivity index (χ3v) is 4.02. The summed E-state index contributed by atoms with van der Waals surface area (Å²) in [7, 11) is 0. The molecule has 0 aromatic rings. The molecule has 3 nitrogen and oxygen atoms in total. The third-order valence-electron chi connectivity index (χ3n) is 4.02. The second-order valence-corrected chi connectivity index (χ2v) is 5.49. The normalized spacial score (nSPS) is 26.5. The van der Waals surface area contributed by atoms with E-state index in [4.69, 9.17) is 0 Å². The highest BCUT2D eigenvalue weighted by Gasteiger charge is 2.24. The predicted octanol–water partition coefficient (Wildman–Crippen LogP) is 2.10. The molecular weight excluding hydrogens is 236 g/mol. The average molecular weight is 261 g/mol. The van der Waals surface area contributed by atoms with Crippen molar-refractivity contribution in [3.05, 3.63) is 0 Å². The summed E-state index contributed by atoms with van der Waals surface area (Å²) in [6.07, 6.45) is 7.58. The van der Waals surface area contributed by atoms with E-state index in [-0.39, 0.29) is 24.2 Å². The molecule has 1 saturated carbocycles. The first-order valence-electron chi connectivity index (χ1n) is 6.77. The molecule has 2 rings (SSSR count). The first kappa shape index (κ1) is 14.8. The Kier molecular flexibility index (Phi) is 6.28. The Morgan fingerprint density at radius 1 is 1.35 bits per heavy atom. The summed E-state index contributed by atoms with van der Waals surface area (Å²) in [6, 6.07) is 0.374. The van der Waals surface area contributed by atoms with Gasteiger partial charge in [0.1, 0.15) is 0 Å². The zero-order valence-corrected chi connectivity index (χ0v) is 11.5. The largest absolute Gasteiger partial charge is 0.352 e. The highest BCUT2D eigenvalue weighted by molar-refractivity contribution is 5.85. The molecular formula is C13H25ClN2O. The van der Waals surface area contributed by atoms with Gasteiger partial charge in [0, 0.05) is 18.5 Å². The van der Waals surface area contributed by atoms with Gasteiger partial charge < -0.3 is 10.6 Å². The van der Waals surface area contributed by atoms with Gasteiger partial charge in [-0.2, -0.15) is 0 Å². The van der Waals surface area contributed by atoms with Gasteiger partial charge in [0.2, 0.25) is 5.91 Å². The number of carbonyl (C=O) groups excluding carboxylic acids is 1. The summed E-state index contributed by atoms with van der Waals surface area (Å²) in [6.45, 7) is 4.07. The summed E-state index contributed by atoms with van der Waals surface area (Å²) >= 11 is 0. The fourth-order valence-corrected chi connectivity index (χ4v) is 2.97. The molecule has 2 aliphatic rings. The van der Waals surface area contributed by atoms with Crippen molar-refractivity contribution in [2.45, 2.75) is 51.5 Å². The summed E-state index contributed by atoms with van der Waals surface area (Å²) in [5.74, 6) is 1.27. The lowest BCUT2D eigenvalue weighted by molar-refractivity contribution is -0.125. The van der Waals surface area contributed by atoms with Crippen molar-refractivity contribution in [2.75, 3.05) is 13.1 Å². The smallest absolute Gasteiger partial charge is 0.223 e. The lowest BCUT2D eigenvalue weighted by atomic mass is 9.94. The van der Waals surface area contributed by atoms with E-state index in [0.29, 0.717) is 6.04 Å². The van der Waals surface area contributed by atoms with Crippen LogP contribution >= 0.6 is 12.4 Å². The van der Waals surface area contributed by atoms with E-state index in [1.54, 1.807) is 0 Å². The molecule has 2 unspecified atom stereocenters. The molecule has 1 aliphatic heterocycles. The monoisotopic (exact) mass is 260 g/mol. The Labute approximate surface area is 111 Å². The van der Waals surface area contributed by atoms with Crippen molar-refractivity contribution < 1.29 is 4.79 Å². The van der Waals surface area contributed by atoms with Crippen molar-refractivity contribution in [1.82, 2.24) is 10.6 Å². The Bertz CT molecular complexity index is 236. The Morgan fingerprint density at radius 3 is 2.65 bits per heavy atom. The van der Waals surface area contributed by atoms with Crippen LogP contribution in [0, 0.1) is 11.8 Å². The molecule has 0 bridgehead atoms. The summed E-state index contributed by atoms with van der Waals surface area (Å²) in [5.41, 5.74) is 0. The van der Waals surface area contributed by atoms with E-state index in [1.165, 1.54) is 25.7 Å².